The molecule has 1 atom stereocenters. The molecule has 2 rings (SSSR count). The second-order valence-electron chi connectivity index (χ2n) is 5.07. The third kappa shape index (κ3) is 3.43. The topological polar surface area (TPSA) is 78.7 Å². The van der Waals surface area contributed by atoms with Crippen LogP contribution in [0.3, 0.4) is 0 Å². The normalized spacial score (nSPS) is 26.0. The molecule has 0 saturated carbocycles. The molecule has 2 heterocycles. The van der Waals surface area contributed by atoms with Crippen LogP contribution < -0.4 is 11.1 Å². The molecular weight excluding hydrogens is 232 g/mol. The number of rotatable bonds is 3. The highest BCUT2D eigenvalue weighted by atomic mass is 16.2. The number of hydrogen-bond acceptors (Lipinski definition) is 4. The molecule has 6 heteroatoms. The van der Waals surface area contributed by atoms with Gasteiger partial charge in [-0.2, -0.15) is 0 Å². The fourth-order valence-corrected chi connectivity index (χ4v) is 2.69. The molecule has 3 N–H and O–H groups in total. The molecule has 0 radical (unpaired) electrons. The molecule has 18 heavy (non-hydrogen) atoms. The van der Waals surface area contributed by atoms with Crippen LogP contribution in [0.25, 0.3) is 0 Å². The Morgan fingerprint density at radius 2 is 2.00 bits per heavy atom. The standard InChI is InChI=1S/C12H22N4O2/c13-11(17)9-15-5-2-6-16(8-7-15)12(18)10-3-1-4-14-10/h10,14H,1-9H2,(H2,13,17)/t10-/m0/s1. The summed E-state index contributed by atoms with van der Waals surface area (Å²) in [5.41, 5.74) is 5.20. The van der Waals surface area contributed by atoms with Crippen molar-refractivity contribution in [3.63, 3.8) is 0 Å². The summed E-state index contributed by atoms with van der Waals surface area (Å²) in [6.45, 7) is 4.30. The van der Waals surface area contributed by atoms with E-state index in [0.29, 0.717) is 13.1 Å². The fourth-order valence-electron chi connectivity index (χ4n) is 2.69. The van der Waals surface area contributed by atoms with E-state index in [1.165, 1.54) is 0 Å². The first-order chi connectivity index (χ1) is 8.66. The smallest absolute Gasteiger partial charge is 0.239 e. The van der Waals surface area contributed by atoms with Crippen LogP contribution in [0.4, 0.5) is 0 Å². The van der Waals surface area contributed by atoms with Crippen LogP contribution in [0.15, 0.2) is 0 Å². The molecule has 0 spiro atoms. The molecule has 0 aliphatic carbocycles. The maximum Gasteiger partial charge on any atom is 0.239 e. The Morgan fingerprint density at radius 1 is 1.17 bits per heavy atom. The maximum atomic E-state index is 12.2. The van der Waals surface area contributed by atoms with Gasteiger partial charge in [-0.15, -0.1) is 0 Å². The fraction of sp³-hybridized carbons (Fsp3) is 0.833. The van der Waals surface area contributed by atoms with Crippen LogP contribution in [0.2, 0.25) is 0 Å². The second-order valence-corrected chi connectivity index (χ2v) is 5.07. The van der Waals surface area contributed by atoms with Crippen molar-refractivity contribution in [1.82, 2.24) is 15.1 Å². The van der Waals surface area contributed by atoms with E-state index in [2.05, 4.69) is 5.32 Å². The number of nitrogens with zero attached hydrogens (tertiary/aromatic N) is 2. The molecule has 0 unspecified atom stereocenters. The number of nitrogens with two attached hydrogens (primary N) is 1. The van der Waals surface area contributed by atoms with Gasteiger partial charge in [0.25, 0.3) is 0 Å². The van der Waals surface area contributed by atoms with E-state index in [4.69, 9.17) is 5.73 Å². The molecule has 0 aromatic carbocycles. The molecule has 6 nitrogen and oxygen atoms in total. The Morgan fingerprint density at radius 3 is 2.67 bits per heavy atom. The Balaban J connectivity index is 1.84. The average molecular weight is 254 g/mol. The summed E-state index contributed by atoms with van der Waals surface area (Å²) >= 11 is 0. The molecule has 0 bridgehead atoms. The van der Waals surface area contributed by atoms with Crippen LogP contribution in [-0.2, 0) is 9.59 Å². The Hall–Kier alpha value is -1.14. The van der Waals surface area contributed by atoms with Crippen molar-refractivity contribution in [2.45, 2.75) is 25.3 Å². The van der Waals surface area contributed by atoms with Crippen molar-refractivity contribution >= 4 is 11.8 Å². The number of carbonyl (C=O) groups is 2. The molecule has 2 fully saturated rings. The first kappa shape index (κ1) is 13.3. The van der Waals surface area contributed by atoms with Crippen LogP contribution >= 0.6 is 0 Å². The lowest BCUT2D eigenvalue weighted by Crippen LogP contribution is -2.45. The average Bonchev–Trinajstić information content (AvgIpc) is 2.76. The maximum absolute atomic E-state index is 12.2. The van der Waals surface area contributed by atoms with Gasteiger partial charge in [-0.25, -0.2) is 0 Å². The van der Waals surface area contributed by atoms with Crippen molar-refractivity contribution in [1.29, 1.82) is 0 Å². The summed E-state index contributed by atoms with van der Waals surface area (Å²) in [4.78, 5) is 27.1. The monoisotopic (exact) mass is 254 g/mol. The zero-order valence-corrected chi connectivity index (χ0v) is 10.7. The summed E-state index contributed by atoms with van der Waals surface area (Å²) in [7, 11) is 0. The lowest BCUT2D eigenvalue weighted by atomic mass is 10.2. The molecule has 2 amide bonds. The summed E-state index contributed by atoms with van der Waals surface area (Å²) in [6, 6.07) is 0.00712. The predicted molar refractivity (Wildman–Crippen MR) is 67.9 cm³/mol. The summed E-state index contributed by atoms with van der Waals surface area (Å²) in [6.07, 6.45) is 2.93. The van der Waals surface area contributed by atoms with Gasteiger partial charge >= 0.3 is 0 Å². The largest absolute Gasteiger partial charge is 0.369 e. The van der Waals surface area contributed by atoms with Gasteiger partial charge in [-0.1, -0.05) is 0 Å². The van der Waals surface area contributed by atoms with E-state index in [9.17, 15) is 9.59 Å². The van der Waals surface area contributed by atoms with Gasteiger partial charge in [0.05, 0.1) is 12.6 Å². The predicted octanol–water partition coefficient (Wildman–Crippen LogP) is -1.24. The summed E-state index contributed by atoms with van der Waals surface area (Å²) in [5.74, 6) is -0.0827. The minimum absolute atomic E-state index is 0.00712. The molecular formula is C12H22N4O2. The van der Waals surface area contributed by atoms with Gasteiger partial charge in [0.2, 0.25) is 11.8 Å². The van der Waals surface area contributed by atoms with Crippen molar-refractivity contribution < 1.29 is 9.59 Å². The first-order valence-corrected chi connectivity index (χ1v) is 6.69. The molecule has 0 aromatic heterocycles. The lowest BCUT2D eigenvalue weighted by Gasteiger charge is -2.24. The van der Waals surface area contributed by atoms with E-state index in [1.807, 2.05) is 9.80 Å². The summed E-state index contributed by atoms with van der Waals surface area (Å²) in [5, 5.41) is 3.24. The molecule has 2 aliphatic heterocycles. The second kappa shape index (κ2) is 6.15. The lowest BCUT2D eigenvalue weighted by molar-refractivity contribution is -0.132. The first-order valence-electron chi connectivity index (χ1n) is 6.69. The Labute approximate surface area is 107 Å². The van der Waals surface area contributed by atoms with E-state index in [0.717, 1.165) is 45.4 Å². The van der Waals surface area contributed by atoms with Gasteiger partial charge in [0.15, 0.2) is 0 Å². The van der Waals surface area contributed by atoms with E-state index in [-0.39, 0.29) is 17.9 Å². The quantitative estimate of drug-likeness (QED) is 0.660. The van der Waals surface area contributed by atoms with Gasteiger partial charge in [0, 0.05) is 26.2 Å². The Kier molecular flexibility index (Phi) is 4.54. The molecule has 2 saturated heterocycles. The third-order valence-corrected chi connectivity index (χ3v) is 3.64. The number of hydrogen-bond donors (Lipinski definition) is 2. The van der Waals surface area contributed by atoms with E-state index in [1.54, 1.807) is 0 Å². The molecule has 102 valence electrons. The number of primary amides is 1. The highest BCUT2D eigenvalue weighted by molar-refractivity contribution is 5.82. The highest BCUT2D eigenvalue weighted by Gasteiger charge is 2.28. The summed E-state index contributed by atoms with van der Waals surface area (Å²) < 4.78 is 0. The highest BCUT2D eigenvalue weighted by Crippen LogP contribution is 2.11. The van der Waals surface area contributed by atoms with Crippen molar-refractivity contribution in [3.8, 4) is 0 Å². The Bertz CT molecular complexity index is 315. The van der Waals surface area contributed by atoms with Gasteiger partial charge in [-0.05, 0) is 25.8 Å². The van der Waals surface area contributed by atoms with E-state index >= 15 is 0 Å². The zero-order chi connectivity index (χ0) is 13.0. The van der Waals surface area contributed by atoms with Gasteiger partial charge < -0.3 is 16.0 Å². The van der Waals surface area contributed by atoms with Crippen LogP contribution in [0.5, 0.6) is 0 Å². The minimum Gasteiger partial charge on any atom is -0.369 e. The number of amides is 2. The molecule has 2 aliphatic rings. The van der Waals surface area contributed by atoms with Gasteiger partial charge in [0.1, 0.15) is 0 Å². The van der Waals surface area contributed by atoms with Crippen molar-refractivity contribution in [3.05, 3.63) is 0 Å². The van der Waals surface area contributed by atoms with E-state index < -0.39 is 0 Å². The number of carbonyl (C=O) groups excluding carboxylic acids is 2. The zero-order valence-electron chi connectivity index (χ0n) is 10.7. The van der Waals surface area contributed by atoms with Gasteiger partial charge in [-0.3, -0.25) is 14.5 Å². The van der Waals surface area contributed by atoms with Crippen LogP contribution in [0.1, 0.15) is 19.3 Å². The van der Waals surface area contributed by atoms with Crippen molar-refractivity contribution in [2.75, 3.05) is 39.3 Å². The van der Waals surface area contributed by atoms with Crippen LogP contribution in [-0.4, -0.2) is 66.9 Å². The van der Waals surface area contributed by atoms with Crippen LogP contribution in [0, 0.1) is 0 Å². The third-order valence-electron chi connectivity index (χ3n) is 3.64. The number of nitrogens with one attached hydrogen (secondary N) is 1. The SMILES string of the molecule is NC(=O)CN1CCCN(C(=O)[C@@H]2CCCN2)CC1. The van der Waals surface area contributed by atoms with Crippen molar-refractivity contribution in [2.24, 2.45) is 5.73 Å². The molecule has 0 aromatic rings. The minimum atomic E-state index is -0.299.